The van der Waals surface area contributed by atoms with E-state index in [2.05, 4.69) is 0 Å². The average Bonchev–Trinajstić information content (AvgIpc) is 2.43. The molecule has 7 nitrogen and oxygen atoms in total. The summed E-state index contributed by atoms with van der Waals surface area (Å²) >= 11 is 0. The van der Waals surface area contributed by atoms with E-state index < -0.39 is 35.3 Å². The Labute approximate surface area is 126 Å². The van der Waals surface area contributed by atoms with Gasteiger partial charge in [0.15, 0.2) is 0 Å². The van der Waals surface area contributed by atoms with Gasteiger partial charge in [-0.25, -0.2) is 8.78 Å². The Morgan fingerprint density at radius 3 is 2.27 bits per heavy atom. The topological polar surface area (TPSA) is 95.9 Å². The van der Waals surface area contributed by atoms with Gasteiger partial charge in [0.1, 0.15) is 18.4 Å². The van der Waals surface area contributed by atoms with Crippen LogP contribution >= 0.6 is 0 Å². The van der Waals surface area contributed by atoms with Gasteiger partial charge in [-0.1, -0.05) is 12.1 Å². The number of carboxylic acid groups (broad SMARTS) is 1. The molecule has 1 aromatic carbocycles. The van der Waals surface area contributed by atoms with Gasteiger partial charge in [0, 0.05) is 14.1 Å². The molecule has 0 aliphatic heterocycles. The predicted molar refractivity (Wildman–Crippen MR) is 74.1 cm³/mol. The van der Waals surface area contributed by atoms with Gasteiger partial charge in [0.2, 0.25) is 0 Å². The summed E-state index contributed by atoms with van der Waals surface area (Å²) in [7, 11) is -1.45. The molecule has 1 aromatic rings. The van der Waals surface area contributed by atoms with Crippen LogP contribution in [0.5, 0.6) is 5.75 Å². The summed E-state index contributed by atoms with van der Waals surface area (Å²) in [5.74, 6) is -1.27. The van der Waals surface area contributed by atoms with Crippen molar-refractivity contribution >= 4 is 16.2 Å². The van der Waals surface area contributed by atoms with Crippen LogP contribution in [0.2, 0.25) is 0 Å². The van der Waals surface area contributed by atoms with Crippen LogP contribution in [0, 0.1) is 0 Å². The number of nitrogens with zero attached hydrogens (tertiary/aromatic N) is 1. The van der Waals surface area contributed by atoms with Crippen molar-refractivity contribution in [3.63, 3.8) is 0 Å². The van der Waals surface area contributed by atoms with Crippen LogP contribution in [0.4, 0.5) is 8.78 Å². The number of ether oxygens (including phenoxy) is 1. The van der Waals surface area contributed by atoms with Crippen LogP contribution in [-0.2, 0) is 15.0 Å². The maximum Gasteiger partial charge on any atom is 0.326 e. The Bertz CT molecular complexity index is 604. The fourth-order valence-electron chi connectivity index (χ4n) is 1.43. The normalized spacial score (nSPS) is 13.4. The number of aliphatic carboxylic acids is 1. The Kier molecular flexibility index (Phi) is 6.21. The van der Waals surface area contributed by atoms with E-state index >= 15 is 0 Å². The molecule has 10 heteroatoms. The molecule has 0 amide bonds. The highest BCUT2D eigenvalue weighted by atomic mass is 32.2. The van der Waals surface area contributed by atoms with Gasteiger partial charge >= 0.3 is 5.97 Å². The molecular weight excluding hydrogens is 322 g/mol. The van der Waals surface area contributed by atoms with Crippen molar-refractivity contribution in [1.29, 1.82) is 0 Å². The number of carboxylic acids is 1. The fourth-order valence-corrected chi connectivity index (χ4v) is 2.18. The Hall–Kier alpha value is -1.78. The van der Waals surface area contributed by atoms with Crippen molar-refractivity contribution in [1.82, 2.24) is 9.03 Å². The van der Waals surface area contributed by atoms with Crippen LogP contribution in [0.1, 0.15) is 11.6 Å². The fraction of sp³-hybridized carbons (Fsp3) is 0.417. The predicted octanol–water partition coefficient (Wildman–Crippen LogP) is 0.852. The molecule has 0 aromatic heterocycles. The minimum Gasteiger partial charge on any atom is -0.488 e. The van der Waals surface area contributed by atoms with E-state index in [1.54, 1.807) is 0 Å². The van der Waals surface area contributed by atoms with E-state index in [4.69, 9.17) is 9.84 Å². The molecule has 0 aliphatic carbocycles. The first-order valence-electron chi connectivity index (χ1n) is 6.07. The van der Waals surface area contributed by atoms with Crippen LogP contribution < -0.4 is 9.46 Å². The smallest absolute Gasteiger partial charge is 0.326 e. The molecule has 22 heavy (non-hydrogen) atoms. The summed E-state index contributed by atoms with van der Waals surface area (Å²) in [6, 6.07) is 3.65. The molecule has 2 N–H and O–H groups in total. The van der Waals surface area contributed by atoms with Gasteiger partial charge in [-0.15, -0.1) is 0 Å². The summed E-state index contributed by atoms with van der Waals surface area (Å²) in [5, 5.41) is 9.14. The summed E-state index contributed by atoms with van der Waals surface area (Å²) in [6.45, 7) is -0.783. The van der Waals surface area contributed by atoms with Gasteiger partial charge < -0.3 is 9.84 Å². The third-order valence-electron chi connectivity index (χ3n) is 2.58. The van der Waals surface area contributed by atoms with Crippen molar-refractivity contribution in [2.24, 2.45) is 0 Å². The summed E-state index contributed by atoms with van der Waals surface area (Å²) < 4.78 is 55.0. The first kappa shape index (κ1) is 18.3. The quantitative estimate of drug-likeness (QED) is 0.733. The maximum absolute atomic E-state index is 12.0. The molecular formula is C12H16F2N2O5S. The number of benzene rings is 1. The lowest BCUT2D eigenvalue weighted by atomic mass is 10.1. The molecule has 1 rings (SSSR count). The van der Waals surface area contributed by atoms with Crippen LogP contribution in [0.25, 0.3) is 0 Å². The SMILES string of the molecule is CN(C)S(=O)(=O)NC(C(=O)O)c1ccc(OCC(F)F)cc1. The number of halogens is 2. The molecule has 0 heterocycles. The molecule has 0 saturated heterocycles. The number of carbonyl (C=O) groups is 1. The lowest BCUT2D eigenvalue weighted by molar-refractivity contribution is -0.139. The minimum atomic E-state index is -3.95. The van der Waals surface area contributed by atoms with E-state index in [1.165, 1.54) is 38.4 Å². The zero-order valence-electron chi connectivity index (χ0n) is 11.9. The second-order valence-corrected chi connectivity index (χ2v) is 6.36. The third-order valence-corrected chi connectivity index (χ3v) is 4.08. The average molecular weight is 338 g/mol. The van der Waals surface area contributed by atoms with Gasteiger partial charge in [0.25, 0.3) is 16.6 Å². The minimum absolute atomic E-state index is 0.128. The van der Waals surface area contributed by atoms with E-state index in [-0.39, 0.29) is 11.3 Å². The molecule has 0 spiro atoms. The number of rotatable bonds is 8. The Morgan fingerprint density at radius 2 is 1.86 bits per heavy atom. The maximum atomic E-state index is 12.0. The van der Waals surface area contributed by atoms with Crippen molar-refractivity contribution < 1.29 is 31.8 Å². The van der Waals surface area contributed by atoms with Crippen molar-refractivity contribution in [3.8, 4) is 5.75 Å². The Morgan fingerprint density at radius 1 is 1.32 bits per heavy atom. The molecule has 1 unspecified atom stereocenters. The monoisotopic (exact) mass is 338 g/mol. The van der Waals surface area contributed by atoms with Gasteiger partial charge in [0.05, 0.1) is 0 Å². The van der Waals surface area contributed by atoms with E-state index in [0.29, 0.717) is 0 Å². The zero-order valence-corrected chi connectivity index (χ0v) is 12.7. The molecule has 0 radical (unpaired) electrons. The highest BCUT2D eigenvalue weighted by molar-refractivity contribution is 7.87. The van der Waals surface area contributed by atoms with Crippen LogP contribution in [0.15, 0.2) is 24.3 Å². The highest BCUT2D eigenvalue weighted by Gasteiger charge is 2.27. The number of hydrogen-bond donors (Lipinski definition) is 2. The van der Waals surface area contributed by atoms with Crippen molar-refractivity contribution in [2.45, 2.75) is 12.5 Å². The van der Waals surface area contributed by atoms with Crippen LogP contribution in [0.3, 0.4) is 0 Å². The first-order chi connectivity index (χ1) is 10.1. The molecule has 0 saturated carbocycles. The van der Waals surface area contributed by atoms with E-state index in [1.807, 2.05) is 4.72 Å². The van der Waals surface area contributed by atoms with Gasteiger partial charge in [-0.2, -0.15) is 17.4 Å². The summed E-state index contributed by atoms with van der Waals surface area (Å²) in [5.41, 5.74) is 0.141. The number of alkyl halides is 2. The second-order valence-electron chi connectivity index (χ2n) is 4.45. The summed E-state index contributed by atoms with van der Waals surface area (Å²) in [4.78, 5) is 11.2. The number of hydrogen-bond acceptors (Lipinski definition) is 4. The summed E-state index contributed by atoms with van der Waals surface area (Å²) in [6.07, 6.45) is -2.63. The standard InChI is InChI=1S/C12H16F2N2O5S/c1-16(2)22(19,20)15-11(12(17)18)8-3-5-9(6-4-8)21-7-10(13)14/h3-6,10-11,15H,7H2,1-2H3,(H,17,18). The molecule has 124 valence electrons. The Balaban J connectivity index is 2.91. The third kappa shape index (κ3) is 5.20. The highest BCUT2D eigenvalue weighted by Crippen LogP contribution is 2.19. The van der Waals surface area contributed by atoms with E-state index in [0.717, 1.165) is 4.31 Å². The lowest BCUT2D eigenvalue weighted by Gasteiger charge is -2.18. The zero-order chi connectivity index (χ0) is 16.9. The molecule has 0 bridgehead atoms. The molecule has 1 atom stereocenters. The first-order valence-corrected chi connectivity index (χ1v) is 7.51. The van der Waals surface area contributed by atoms with Gasteiger partial charge in [-0.05, 0) is 17.7 Å². The number of nitrogens with one attached hydrogen (secondary N) is 1. The van der Waals surface area contributed by atoms with Crippen molar-refractivity contribution in [2.75, 3.05) is 20.7 Å². The molecule has 0 aliphatic rings. The second kappa shape index (κ2) is 7.47. The lowest BCUT2D eigenvalue weighted by Crippen LogP contribution is -2.40. The van der Waals surface area contributed by atoms with Crippen LogP contribution in [-0.4, -0.2) is 50.9 Å². The van der Waals surface area contributed by atoms with E-state index in [9.17, 15) is 22.0 Å². The van der Waals surface area contributed by atoms with Crippen molar-refractivity contribution in [3.05, 3.63) is 29.8 Å². The molecule has 0 fully saturated rings. The van der Waals surface area contributed by atoms with Gasteiger partial charge in [-0.3, -0.25) is 4.79 Å². The largest absolute Gasteiger partial charge is 0.488 e.